The van der Waals surface area contributed by atoms with Crippen molar-refractivity contribution in [2.45, 2.75) is 96.0 Å². The first-order valence-corrected chi connectivity index (χ1v) is 49.1. The fourth-order valence-electron chi connectivity index (χ4n) is 20.8. The Hall–Kier alpha value is -15.8. The lowest BCUT2D eigenvalue weighted by Gasteiger charge is -2.39. The molecule has 3 unspecified atom stereocenters. The van der Waals surface area contributed by atoms with Crippen LogP contribution in [0.25, 0.3) is 5.57 Å². The highest BCUT2D eigenvalue weighted by molar-refractivity contribution is 6.26. The van der Waals surface area contributed by atoms with E-state index in [2.05, 4.69) is 144 Å². The van der Waals surface area contributed by atoms with Gasteiger partial charge in [0.15, 0.2) is 34.5 Å². The lowest BCUT2D eigenvalue weighted by Crippen LogP contribution is -2.47. The van der Waals surface area contributed by atoms with Gasteiger partial charge >= 0.3 is 0 Å². The molecule has 27 nitrogen and oxygen atoms in total. The number of imidazole rings is 1. The predicted molar refractivity (Wildman–Crippen MR) is 554 cm³/mol. The molecule has 2 bridgehead atoms. The van der Waals surface area contributed by atoms with Crippen molar-refractivity contribution in [2.75, 3.05) is 130 Å². The molecule has 736 valence electrons. The normalized spacial score (nSPS) is 16.8. The summed E-state index contributed by atoms with van der Waals surface area (Å²) in [4.78, 5) is 129. The number of rotatable bonds is 32. The summed E-state index contributed by atoms with van der Waals surface area (Å²) in [5, 5.41) is 6.68. The average Bonchev–Trinajstić information content (AvgIpc) is 1.59. The molecule has 0 aliphatic carbocycles. The van der Waals surface area contributed by atoms with Crippen LogP contribution in [0, 0.1) is 0 Å². The molecule has 27 heteroatoms. The molecule has 0 spiro atoms. The number of amides is 8. The third kappa shape index (κ3) is 21.2. The third-order valence-corrected chi connectivity index (χ3v) is 28.3. The summed E-state index contributed by atoms with van der Waals surface area (Å²) in [6.07, 6.45) is 11.5. The quantitative estimate of drug-likeness (QED) is 0.0293. The van der Waals surface area contributed by atoms with E-state index in [0.29, 0.717) is 122 Å². The number of fused-ring (bicyclic) bond motifs is 6. The van der Waals surface area contributed by atoms with E-state index in [1.54, 1.807) is 104 Å². The molecular formula is C117H119N13O14. The van der Waals surface area contributed by atoms with Gasteiger partial charge in [-0.2, -0.15) is 0 Å². The van der Waals surface area contributed by atoms with Gasteiger partial charge < -0.3 is 53.4 Å². The molecule has 2 N–H and O–H groups in total. The van der Waals surface area contributed by atoms with Crippen LogP contribution in [0.4, 0.5) is 17.1 Å². The number of nitrogens with one attached hydrogen (secondary N) is 2. The first-order chi connectivity index (χ1) is 70.4. The number of nitrogens with zero attached hydrogens (tertiary/aromatic N) is 11. The second kappa shape index (κ2) is 45.4. The Morgan fingerprint density at radius 1 is 0.375 bits per heavy atom. The lowest BCUT2D eigenvalue weighted by molar-refractivity contribution is 0.0599. The number of carbonyl (C=O) groups excluding carboxylic acids is 8. The molecule has 9 heterocycles. The van der Waals surface area contributed by atoms with Gasteiger partial charge in [-0.25, -0.2) is 4.98 Å². The van der Waals surface area contributed by atoms with Crippen LogP contribution in [0.5, 0.6) is 34.5 Å². The van der Waals surface area contributed by atoms with Crippen LogP contribution < -0.4 is 48.9 Å². The number of hydrogen-bond donors (Lipinski definition) is 2. The molecule has 0 radical (unpaired) electrons. The Bertz CT molecular complexity index is 6840. The van der Waals surface area contributed by atoms with Crippen molar-refractivity contribution in [1.29, 1.82) is 0 Å². The van der Waals surface area contributed by atoms with Gasteiger partial charge in [0.25, 0.3) is 47.3 Å². The highest BCUT2D eigenvalue weighted by Crippen LogP contribution is 2.46. The Morgan fingerprint density at radius 3 is 1.41 bits per heavy atom. The first-order valence-electron chi connectivity index (χ1n) is 49.1. The highest BCUT2D eigenvalue weighted by atomic mass is 16.5. The zero-order valence-corrected chi connectivity index (χ0v) is 82.2. The summed E-state index contributed by atoms with van der Waals surface area (Å²) >= 11 is 0. The summed E-state index contributed by atoms with van der Waals surface area (Å²) in [6, 6.07) is 90.5. The molecule has 8 aliphatic rings. The maximum Gasteiger partial charge on any atom is 0.264 e. The van der Waals surface area contributed by atoms with Crippen LogP contribution in [-0.4, -0.2) is 218 Å². The fourth-order valence-corrected chi connectivity index (χ4v) is 20.8. The number of carbonyl (C=O) groups is 8. The summed E-state index contributed by atoms with van der Waals surface area (Å²) in [5.41, 5.74) is 16.7. The van der Waals surface area contributed by atoms with E-state index in [9.17, 15) is 38.4 Å². The van der Waals surface area contributed by atoms with Gasteiger partial charge in [0.2, 0.25) is 0 Å². The molecule has 3 saturated heterocycles. The molecular weight excluding hydrogens is 1810 g/mol. The van der Waals surface area contributed by atoms with Gasteiger partial charge in [-0.05, 0) is 167 Å². The number of benzene rings is 12. The minimum absolute atomic E-state index is 0.158. The molecule has 13 aromatic rings. The Balaban J connectivity index is 0.000000127. The van der Waals surface area contributed by atoms with Crippen molar-refractivity contribution in [1.82, 2.24) is 49.2 Å². The smallest absolute Gasteiger partial charge is 0.264 e. The largest absolute Gasteiger partial charge is 0.493 e. The Morgan fingerprint density at radius 2 is 0.847 bits per heavy atom. The van der Waals surface area contributed by atoms with E-state index < -0.39 is 6.04 Å². The van der Waals surface area contributed by atoms with Crippen LogP contribution in [0.3, 0.4) is 0 Å². The van der Waals surface area contributed by atoms with E-state index in [-0.39, 0.29) is 60.3 Å². The van der Waals surface area contributed by atoms with Crippen LogP contribution in [0.1, 0.15) is 178 Å². The Labute approximate surface area is 839 Å². The highest BCUT2D eigenvalue weighted by Gasteiger charge is 2.47. The minimum Gasteiger partial charge on any atom is -0.493 e. The van der Waals surface area contributed by atoms with Crippen molar-refractivity contribution in [2.24, 2.45) is 0 Å². The van der Waals surface area contributed by atoms with E-state index in [1.165, 1.54) is 47.4 Å². The number of hydrogen-bond acceptors (Lipinski definition) is 22. The van der Waals surface area contributed by atoms with Gasteiger partial charge in [0.1, 0.15) is 0 Å². The van der Waals surface area contributed by atoms with Gasteiger partial charge in [0, 0.05) is 134 Å². The molecule has 4 atom stereocenters. The minimum atomic E-state index is -0.630. The molecule has 8 amide bonds. The number of piperazine rings is 2. The van der Waals surface area contributed by atoms with Gasteiger partial charge in [-0.15, -0.1) is 0 Å². The number of anilines is 3. The lowest BCUT2D eigenvalue weighted by atomic mass is 9.89. The second-order valence-electron chi connectivity index (χ2n) is 36.8. The summed E-state index contributed by atoms with van der Waals surface area (Å²) in [5.74, 6) is 1.44. The van der Waals surface area contributed by atoms with E-state index in [4.69, 9.17) is 28.4 Å². The van der Waals surface area contributed by atoms with Crippen molar-refractivity contribution in [3.63, 3.8) is 0 Å². The first kappa shape index (κ1) is 98.4. The topological polar surface area (TPSA) is 263 Å². The van der Waals surface area contributed by atoms with Gasteiger partial charge in [-0.3, -0.25) is 72.7 Å². The molecule has 3 fully saturated rings. The molecule has 21 rings (SSSR count). The van der Waals surface area contributed by atoms with Crippen LogP contribution in [0.15, 0.2) is 304 Å². The number of imide groups is 4. The van der Waals surface area contributed by atoms with Gasteiger partial charge in [0.05, 0.1) is 124 Å². The van der Waals surface area contributed by atoms with Crippen molar-refractivity contribution in [3.8, 4) is 34.5 Å². The number of methoxy groups -OCH3 is 6. The zero-order valence-electron chi connectivity index (χ0n) is 82.2. The number of ether oxygens (including phenoxy) is 6. The van der Waals surface area contributed by atoms with Crippen LogP contribution in [0.2, 0.25) is 0 Å². The monoisotopic (exact) mass is 1930 g/mol. The SMILES string of the molecule is COc1ccc(C(c2ccccc2)N2C(=O)c3cccc(N4CCN([C@H](C)c5ccccc5)CC4)c3C2=O)cc1OC.COc1ccc(CN2C(=O)c3cccc(C4=CC5CCC(C4)N5Cc4ccccc4)c3C2=O)cc1OC.COc1ccc(CN2C(=O)c3cccc(NCCNCc4ccccc4)c3C2=O)cc1OC.O=C1c2cccc(N3CCN(Cc4ccccc4)CC3)c2C(=O)N1CCCn1ccnc1. The molecule has 8 aliphatic heterocycles. The second-order valence-corrected chi connectivity index (χ2v) is 36.8. The zero-order chi connectivity index (χ0) is 99.9. The summed E-state index contributed by atoms with van der Waals surface area (Å²) in [6.45, 7) is 14.5. The van der Waals surface area contributed by atoms with E-state index in [1.807, 2.05) is 150 Å². The van der Waals surface area contributed by atoms with E-state index >= 15 is 0 Å². The number of aryl methyl sites for hydroxylation is 1. The van der Waals surface area contributed by atoms with Crippen molar-refractivity contribution >= 4 is 69.9 Å². The predicted octanol–water partition coefficient (Wildman–Crippen LogP) is 17.9. The van der Waals surface area contributed by atoms with Gasteiger partial charge in [-0.1, -0.05) is 206 Å². The molecule has 0 saturated carbocycles. The summed E-state index contributed by atoms with van der Waals surface area (Å²) in [7, 11) is 9.43. The standard InChI is InChI=1S/C35H35N3O4.C31H30N2O4.C26H27N3O4.C25H27N5O2/c1-24(25-11-6-4-7-12-25)36-19-21-37(22-20-36)29-16-10-15-28-32(29)35(40)38(34(28)39)33(26-13-8-5-9-14-26)27-17-18-30(41-2)31(23-27)42-3;1-36-27-14-11-21(15-28(27)37-2)19-33-30(34)26-10-6-9-25(29(26)31(33)35)22-16-23-12-13-24(17-22)32(23)18-20-7-4-3-5-8-20;1-32-22-12-11-19(15-23(22)33-2)17-29-25(30)20-9-6-10-21(24(20)26(29)31)28-14-13-27-16-18-7-4-3-5-8-18;31-24-21-8-4-9-22(23(21)25(32)30(24)12-5-11-28-13-10-26-19-28)29-16-14-27(15-17-29)18-20-6-2-1-3-7-20/h4-18,23-24,33H,19-22H2,1-3H3;3-11,14-16,23-24H,12-13,17-19H2,1-2H3;3-12,15,27-28H,13-14,16-17H2,1-2H3;1-4,6-10,13,19H,5,11-12,14-18H2/t24-,33?;;;/m1.../s1. The third-order valence-electron chi connectivity index (χ3n) is 28.3. The van der Waals surface area contributed by atoms with Crippen LogP contribution >= 0.6 is 0 Å². The average molecular weight is 1930 g/mol. The maximum atomic E-state index is 14.3. The Kier molecular flexibility index (Phi) is 31.0. The molecule has 144 heavy (non-hydrogen) atoms. The van der Waals surface area contributed by atoms with Crippen molar-refractivity contribution in [3.05, 3.63) is 398 Å². The molecule has 12 aromatic carbocycles. The van der Waals surface area contributed by atoms with Crippen LogP contribution in [-0.2, 0) is 39.3 Å². The van der Waals surface area contributed by atoms with Crippen molar-refractivity contribution < 1.29 is 66.8 Å². The van der Waals surface area contributed by atoms with E-state index in [0.717, 1.165) is 144 Å². The number of aromatic nitrogens is 2. The fraction of sp³-hybridized carbons (Fsp3) is 0.274. The maximum absolute atomic E-state index is 14.3. The summed E-state index contributed by atoms with van der Waals surface area (Å²) < 4.78 is 34.3. The molecule has 1 aromatic heterocycles.